The van der Waals surface area contributed by atoms with E-state index in [9.17, 15) is 4.79 Å². The Kier molecular flexibility index (Phi) is 6.52. The molecule has 26 heavy (non-hydrogen) atoms. The van der Waals surface area contributed by atoms with Crippen molar-refractivity contribution in [3.05, 3.63) is 51.5 Å². The number of amides is 1. The van der Waals surface area contributed by atoms with Crippen LogP contribution < -0.4 is 15.0 Å². The van der Waals surface area contributed by atoms with Gasteiger partial charge in [-0.05, 0) is 49.6 Å². The number of carbonyl (C=O) groups is 1. The highest BCUT2D eigenvalue weighted by Crippen LogP contribution is 2.33. The first-order valence-electron chi connectivity index (χ1n) is 8.45. The van der Waals surface area contributed by atoms with Gasteiger partial charge in [-0.15, -0.1) is 0 Å². The first kappa shape index (κ1) is 19.2. The molecule has 1 heterocycles. The van der Waals surface area contributed by atoms with Crippen molar-refractivity contribution in [2.24, 2.45) is 0 Å². The molecule has 0 unspecified atom stereocenters. The number of hydrogen-bond donors (Lipinski definition) is 1. The second-order valence-electron chi connectivity index (χ2n) is 6.13. The first-order chi connectivity index (χ1) is 12.5. The second-order valence-corrected chi connectivity index (χ2v) is 7.35. The lowest BCUT2D eigenvalue weighted by Gasteiger charge is -2.28. The molecule has 2 aromatic rings. The Morgan fingerprint density at radius 1 is 0.962 bits per heavy atom. The number of piperidine rings is 1. The third kappa shape index (κ3) is 4.97. The number of rotatable bonds is 5. The van der Waals surface area contributed by atoms with Gasteiger partial charge < -0.3 is 15.0 Å². The highest BCUT2D eigenvalue weighted by Gasteiger charge is 2.12. The molecule has 1 N–H and O–H groups in total. The Bertz CT molecular complexity index is 775. The number of anilines is 2. The minimum absolute atomic E-state index is 0.175. The van der Waals surface area contributed by atoms with Crippen molar-refractivity contribution < 1.29 is 9.53 Å². The molecule has 0 bridgehead atoms. The molecular weight excluding hydrogens is 395 g/mol. The van der Waals surface area contributed by atoms with Crippen LogP contribution in [0.1, 0.15) is 19.3 Å². The van der Waals surface area contributed by atoms with Gasteiger partial charge in [0.1, 0.15) is 5.75 Å². The number of nitrogens with zero attached hydrogens (tertiary/aromatic N) is 1. The van der Waals surface area contributed by atoms with Crippen LogP contribution >= 0.6 is 34.8 Å². The summed E-state index contributed by atoms with van der Waals surface area (Å²) in [6.07, 6.45) is 3.76. The van der Waals surface area contributed by atoms with E-state index in [1.165, 1.54) is 37.1 Å². The SMILES string of the molecule is O=C(COc1cc(Cl)c(Cl)cc1Cl)Nc1ccc(N2CCCCC2)cc1. The minimum Gasteiger partial charge on any atom is -0.482 e. The predicted octanol–water partition coefficient (Wildman–Crippen LogP) is 5.65. The highest BCUT2D eigenvalue weighted by molar-refractivity contribution is 6.43. The summed E-state index contributed by atoms with van der Waals surface area (Å²) in [7, 11) is 0. The zero-order chi connectivity index (χ0) is 18.5. The van der Waals surface area contributed by atoms with E-state index in [1.54, 1.807) is 0 Å². The summed E-state index contributed by atoms with van der Waals surface area (Å²) in [6, 6.07) is 10.8. The predicted molar refractivity (Wildman–Crippen MR) is 108 cm³/mol. The lowest BCUT2D eigenvalue weighted by atomic mass is 10.1. The Hall–Kier alpha value is -1.62. The largest absolute Gasteiger partial charge is 0.482 e. The Morgan fingerprint density at radius 2 is 1.62 bits per heavy atom. The van der Waals surface area contributed by atoms with Crippen LogP contribution in [-0.4, -0.2) is 25.6 Å². The van der Waals surface area contributed by atoms with E-state index in [4.69, 9.17) is 39.5 Å². The van der Waals surface area contributed by atoms with Crippen molar-refractivity contribution >= 4 is 52.1 Å². The van der Waals surface area contributed by atoms with Crippen LogP contribution in [0.3, 0.4) is 0 Å². The van der Waals surface area contributed by atoms with Gasteiger partial charge in [0, 0.05) is 30.5 Å². The van der Waals surface area contributed by atoms with Gasteiger partial charge in [0.25, 0.3) is 5.91 Å². The molecule has 138 valence electrons. The maximum absolute atomic E-state index is 12.1. The third-order valence-electron chi connectivity index (χ3n) is 4.21. The van der Waals surface area contributed by atoms with E-state index in [0.29, 0.717) is 20.8 Å². The number of halogens is 3. The fourth-order valence-electron chi connectivity index (χ4n) is 2.86. The molecule has 0 spiro atoms. The van der Waals surface area contributed by atoms with Crippen LogP contribution in [0.4, 0.5) is 11.4 Å². The van der Waals surface area contributed by atoms with Crippen molar-refractivity contribution in [3.63, 3.8) is 0 Å². The molecule has 1 aliphatic rings. The van der Waals surface area contributed by atoms with E-state index in [2.05, 4.69) is 10.2 Å². The van der Waals surface area contributed by atoms with Crippen LogP contribution in [0, 0.1) is 0 Å². The summed E-state index contributed by atoms with van der Waals surface area (Å²) < 4.78 is 5.43. The molecule has 3 rings (SSSR count). The maximum Gasteiger partial charge on any atom is 0.262 e. The van der Waals surface area contributed by atoms with Gasteiger partial charge in [0.2, 0.25) is 0 Å². The van der Waals surface area contributed by atoms with Crippen LogP contribution in [0.2, 0.25) is 15.1 Å². The summed E-state index contributed by atoms with van der Waals surface area (Å²) in [5.74, 6) is 0.0366. The summed E-state index contributed by atoms with van der Waals surface area (Å²) >= 11 is 17.8. The van der Waals surface area contributed by atoms with Gasteiger partial charge in [-0.2, -0.15) is 0 Å². The topological polar surface area (TPSA) is 41.6 Å². The molecule has 1 amide bonds. The van der Waals surface area contributed by atoms with E-state index in [1.807, 2.05) is 24.3 Å². The normalized spacial score (nSPS) is 14.2. The summed E-state index contributed by atoms with van der Waals surface area (Å²) in [4.78, 5) is 14.5. The first-order valence-corrected chi connectivity index (χ1v) is 9.58. The molecule has 1 fully saturated rings. The van der Waals surface area contributed by atoms with E-state index >= 15 is 0 Å². The molecule has 4 nitrogen and oxygen atoms in total. The number of ether oxygens (including phenoxy) is 1. The maximum atomic E-state index is 12.1. The molecular formula is C19H19Cl3N2O2. The van der Waals surface area contributed by atoms with Gasteiger partial charge in [0.15, 0.2) is 6.61 Å². The standard InChI is InChI=1S/C19H19Cl3N2O2/c20-15-10-17(22)18(11-16(15)21)26-12-19(25)23-13-4-6-14(7-5-13)24-8-2-1-3-9-24/h4-7,10-11H,1-3,8-9,12H2,(H,23,25). The zero-order valence-electron chi connectivity index (χ0n) is 14.1. The van der Waals surface area contributed by atoms with Crippen LogP contribution in [0.15, 0.2) is 36.4 Å². The number of nitrogens with one attached hydrogen (secondary N) is 1. The van der Waals surface area contributed by atoms with Crippen molar-refractivity contribution in [1.29, 1.82) is 0 Å². The van der Waals surface area contributed by atoms with Crippen molar-refractivity contribution in [1.82, 2.24) is 0 Å². The van der Waals surface area contributed by atoms with Crippen LogP contribution in [-0.2, 0) is 4.79 Å². The molecule has 2 aromatic carbocycles. The molecule has 1 aliphatic heterocycles. The average Bonchev–Trinajstić information content (AvgIpc) is 2.65. The Balaban J connectivity index is 1.54. The quantitative estimate of drug-likeness (QED) is 0.644. The van der Waals surface area contributed by atoms with Gasteiger partial charge in [0.05, 0.1) is 15.1 Å². The second kappa shape index (κ2) is 8.85. The molecule has 0 aromatic heterocycles. The lowest BCUT2D eigenvalue weighted by Crippen LogP contribution is -2.29. The Labute approximate surface area is 168 Å². The van der Waals surface area contributed by atoms with Gasteiger partial charge in [-0.3, -0.25) is 4.79 Å². The minimum atomic E-state index is -0.280. The summed E-state index contributed by atoms with van der Waals surface area (Å²) in [5.41, 5.74) is 1.90. The zero-order valence-corrected chi connectivity index (χ0v) is 16.4. The molecule has 7 heteroatoms. The smallest absolute Gasteiger partial charge is 0.262 e. The van der Waals surface area contributed by atoms with Crippen molar-refractivity contribution in [2.75, 3.05) is 29.9 Å². The monoisotopic (exact) mass is 412 g/mol. The summed E-state index contributed by atoms with van der Waals surface area (Å²) in [6.45, 7) is 2.00. The van der Waals surface area contributed by atoms with Gasteiger partial charge in [-0.25, -0.2) is 0 Å². The average molecular weight is 414 g/mol. The summed E-state index contributed by atoms with van der Waals surface area (Å²) in [5, 5.41) is 3.76. The van der Waals surface area contributed by atoms with Crippen LogP contribution in [0.5, 0.6) is 5.75 Å². The molecule has 0 saturated carbocycles. The van der Waals surface area contributed by atoms with E-state index in [0.717, 1.165) is 18.8 Å². The molecule has 0 aliphatic carbocycles. The lowest BCUT2D eigenvalue weighted by molar-refractivity contribution is -0.118. The molecule has 0 radical (unpaired) electrons. The highest BCUT2D eigenvalue weighted by atomic mass is 35.5. The van der Waals surface area contributed by atoms with Crippen LogP contribution in [0.25, 0.3) is 0 Å². The van der Waals surface area contributed by atoms with Crippen molar-refractivity contribution in [3.8, 4) is 5.75 Å². The molecule has 0 atom stereocenters. The van der Waals surface area contributed by atoms with E-state index < -0.39 is 0 Å². The fraction of sp³-hybridized carbons (Fsp3) is 0.316. The molecule has 1 saturated heterocycles. The van der Waals surface area contributed by atoms with Gasteiger partial charge in [-0.1, -0.05) is 34.8 Å². The number of benzene rings is 2. The third-order valence-corrected chi connectivity index (χ3v) is 5.22. The van der Waals surface area contributed by atoms with E-state index in [-0.39, 0.29) is 12.5 Å². The fourth-order valence-corrected chi connectivity index (χ4v) is 3.45. The van der Waals surface area contributed by atoms with Crippen molar-refractivity contribution in [2.45, 2.75) is 19.3 Å². The van der Waals surface area contributed by atoms with Gasteiger partial charge >= 0.3 is 0 Å². The Morgan fingerprint density at radius 3 is 2.31 bits per heavy atom. The number of carbonyl (C=O) groups excluding carboxylic acids is 1. The number of hydrogen-bond acceptors (Lipinski definition) is 3.